The molecule has 4 amide bonds. The number of likely N-dealkylation sites (tertiary alicyclic amines) is 1. The van der Waals surface area contributed by atoms with Crippen LogP contribution in [0.1, 0.15) is 30.7 Å². The van der Waals surface area contributed by atoms with Crippen molar-refractivity contribution in [3.8, 4) is 0 Å². The number of hydrogen-bond donors (Lipinski definition) is 2. The van der Waals surface area contributed by atoms with Crippen molar-refractivity contribution in [3.63, 3.8) is 0 Å². The molecule has 2 aliphatic heterocycles. The Balaban J connectivity index is 1.38. The number of nitrogens with zero attached hydrogens (tertiary/aromatic N) is 1. The Labute approximate surface area is 144 Å². The third-order valence-electron chi connectivity index (χ3n) is 5.33. The average Bonchev–Trinajstić information content (AvgIpc) is 3.30. The van der Waals surface area contributed by atoms with Crippen molar-refractivity contribution in [1.29, 1.82) is 0 Å². The number of hydrogen-bond acceptors (Lipinski definition) is 3. The summed E-state index contributed by atoms with van der Waals surface area (Å²) in [5.41, 5.74) is 0.279. The topological polar surface area (TPSA) is 78.5 Å². The molecule has 0 bridgehead atoms. The van der Waals surface area contributed by atoms with Gasteiger partial charge in [0.05, 0.1) is 0 Å². The summed E-state index contributed by atoms with van der Waals surface area (Å²) in [4.78, 5) is 37.8. The fourth-order valence-electron chi connectivity index (χ4n) is 3.80. The molecule has 2 atom stereocenters. The van der Waals surface area contributed by atoms with Crippen molar-refractivity contribution in [1.82, 2.24) is 15.5 Å². The summed E-state index contributed by atoms with van der Waals surface area (Å²) in [6, 6.07) is 7.22. The Hall–Kier alpha value is -2.08. The predicted octanol–water partition coefficient (Wildman–Crippen LogP) is 1.64. The number of amides is 4. The molecule has 1 aromatic rings. The molecule has 0 aromatic heterocycles. The number of nitrogens with one attached hydrogen (secondary N) is 2. The highest BCUT2D eigenvalue weighted by Crippen LogP contribution is 2.49. The number of urea groups is 1. The molecule has 1 spiro atoms. The van der Waals surface area contributed by atoms with E-state index in [0.717, 1.165) is 12.0 Å². The summed E-state index contributed by atoms with van der Waals surface area (Å²) in [7, 11) is 0. The molecule has 2 N–H and O–H groups in total. The molecule has 4 rings (SSSR count). The van der Waals surface area contributed by atoms with Crippen molar-refractivity contribution in [2.45, 2.75) is 30.7 Å². The summed E-state index contributed by atoms with van der Waals surface area (Å²) in [5, 5.41) is 5.69. The highest BCUT2D eigenvalue weighted by molar-refractivity contribution is 6.30. The van der Waals surface area contributed by atoms with E-state index in [1.54, 1.807) is 0 Å². The van der Waals surface area contributed by atoms with E-state index in [4.69, 9.17) is 11.6 Å². The number of piperidine rings is 1. The van der Waals surface area contributed by atoms with Gasteiger partial charge in [0.2, 0.25) is 5.91 Å². The van der Waals surface area contributed by atoms with Crippen LogP contribution in [0.25, 0.3) is 0 Å². The van der Waals surface area contributed by atoms with Crippen LogP contribution in [0.5, 0.6) is 0 Å². The van der Waals surface area contributed by atoms with Crippen LogP contribution in [0.15, 0.2) is 24.3 Å². The summed E-state index contributed by atoms with van der Waals surface area (Å²) in [6.07, 6.45) is 1.77. The first-order valence-electron chi connectivity index (χ1n) is 8.16. The molecule has 6 nitrogen and oxygen atoms in total. The van der Waals surface area contributed by atoms with Crippen molar-refractivity contribution in [2.24, 2.45) is 5.92 Å². The summed E-state index contributed by atoms with van der Waals surface area (Å²) >= 11 is 6.02. The van der Waals surface area contributed by atoms with Crippen LogP contribution in [0.4, 0.5) is 4.79 Å². The largest absolute Gasteiger partial charge is 0.342 e. The second-order valence-corrected chi connectivity index (χ2v) is 7.26. The molecule has 2 heterocycles. The average molecular weight is 348 g/mol. The second kappa shape index (κ2) is 5.48. The Morgan fingerprint density at radius 1 is 1.25 bits per heavy atom. The molecule has 1 saturated carbocycles. The van der Waals surface area contributed by atoms with Gasteiger partial charge in [0, 0.05) is 24.0 Å². The zero-order chi connectivity index (χ0) is 16.9. The number of carbonyl (C=O) groups excluding carboxylic acids is 3. The lowest BCUT2D eigenvalue weighted by molar-refractivity contribution is -0.137. The molecule has 0 radical (unpaired) electrons. The molecule has 2 saturated heterocycles. The van der Waals surface area contributed by atoms with E-state index in [1.165, 1.54) is 0 Å². The Morgan fingerprint density at radius 2 is 2.00 bits per heavy atom. The Kier molecular flexibility index (Phi) is 3.53. The number of benzene rings is 1. The van der Waals surface area contributed by atoms with E-state index in [9.17, 15) is 14.4 Å². The van der Waals surface area contributed by atoms with Gasteiger partial charge in [-0.2, -0.15) is 0 Å². The summed E-state index contributed by atoms with van der Waals surface area (Å²) in [6.45, 7) is 0.983. The maximum Gasteiger partial charge on any atom is 0.322 e. The molecule has 24 heavy (non-hydrogen) atoms. The van der Waals surface area contributed by atoms with Gasteiger partial charge in [-0.25, -0.2) is 4.79 Å². The van der Waals surface area contributed by atoms with E-state index >= 15 is 0 Å². The standard InChI is InChI=1S/C17H18ClN3O3/c18-11-3-1-2-10(8-11)12-9-13(12)14(22)21-6-4-17(5-7-21)15(23)19-16(24)20-17/h1-3,8,12-13H,4-7,9H2,(H2,19,20,23,24)/t12-,13-/m0/s1. The lowest BCUT2D eigenvalue weighted by atomic mass is 9.87. The van der Waals surface area contributed by atoms with Gasteiger partial charge in [-0.1, -0.05) is 23.7 Å². The van der Waals surface area contributed by atoms with Gasteiger partial charge in [0.25, 0.3) is 5.91 Å². The van der Waals surface area contributed by atoms with Crippen LogP contribution in [0.3, 0.4) is 0 Å². The SMILES string of the molecule is O=C1NC(=O)C2(CCN(C(=O)[C@H]3C[C@H]3c3cccc(Cl)c3)CC2)N1. The first-order chi connectivity index (χ1) is 11.5. The van der Waals surface area contributed by atoms with Gasteiger partial charge in [-0.3, -0.25) is 14.9 Å². The van der Waals surface area contributed by atoms with Gasteiger partial charge in [0.15, 0.2) is 0 Å². The van der Waals surface area contributed by atoms with E-state index in [-0.39, 0.29) is 23.7 Å². The normalized spacial score (nSPS) is 27.8. The van der Waals surface area contributed by atoms with Crippen LogP contribution in [-0.4, -0.2) is 41.4 Å². The number of carbonyl (C=O) groups is 3. The first kappa shape index (κ1) is 15.4. The quantitative estimate of drug-likeness (QED) is 0.798. The lowest BCUT2D eigenvalue weighted by Gasteiger charge is -2.37. The maximum absolute atomic E-state index is 12.7. The van der Waals surface area contributed by atoms with E-state index in [2.05, 4.69) is 10.6 Å². The van der Waals surface area contributed by atoms with Crippen molar-refractivity contribution in [3.05, 3.63) is 34.9 Å². The molecule has 1 aromatic carbocycles. The minimum Gasteiger partial charge on any atom is -0.342 e. The fraction of sp³-hybridized carbons (Fsp3) is 0.471. The van der Waals surface area contributed by atoms with Gasteiger partial charge in [-0.15, -0.1) is 0 Å². The molecule has 0 unspecified atom stereocenters. The van der Waals surface area contributed by atoms with Gasteiger partial charge >= 0.3 is 6.03 Å². The van der Waals surface area contributed by atoms with E-state index in [0.29, 0.717) is 31.0 Å². The minimum absolute atomic E-state index is 0.00418. The Bertz CT molecular complexity index is 728. The number of halogens is 1. The molecule has 7 heteroatoms. The number of rotatable bonds is 2. The first-order valence-corrected chi connectivity index (χ1v) is 8.54. The van der Waals surface area contributed by atoms with E-state index < -0.39 is 11.6 Å². The third-order valence-corrected chi connectivity index (χ3v) is 5.56. The Morgan fingerprint density at radius 3 is 2.62 bits per heavy atom. The van der Waals surface area contributed by atoms with Crippen LogP contribution in [-0.2, 0) is 9.59 Å². The zero-order valence-corrected chi connectivity index (χ0v) is 13.8. The van der Waals surface area contributed by atoms with Crippen molar-refractivity contribution in [2.75, 3.05) is 13.1 Å². The van der Waals surface area contributed by atoms with Crippen molar-refractivity contribution >= 4 is 29.4 Å². The monoisotopic (exact) mass is 347 g/mol. The van der Waals surface area contributed by atoms with Gasteiger partial charge < -0.3 is 10.2 Å². The molecule has 126 valence electrons. The zero-order valence-electron chi connectivity index (χ0n) is 13.0. The highest BCUT2D eigenvalue weighted by atomic mass is 35.5. The minimum atomic E-state index is -0.830. The fourth-order valence-corrected chi connectivity index (χ4v) is 4.00. The van der Waals surface area contributed by atoms with Crippen LogP contribution >= 0.6 is 11.6 Å². The molecular weight excluding hydrogens is 330 g/mol. The predicted molar refractivity (Wildman–Crippen MR) is 87.5 cm³/mol. The molecule has 3 fully saturated rings. The lowest BCUT2D eigenvalue weighted by Crippen LogP contribution is -2.56. The molecular formula is C17H18ClN3O3. The summed E-state index contributed by atoms with van der Waals surface area (Å²) in [5.74, 6) is 0.105. The van der Waals surface area contributed by atoms with Gasteiger partial charge in [-0.05, 0) is 42.9 Å². The third kappa shape index (κ3) is 2.55. The molecule has 3 aliphatic rings. The van der Waals surface area contributed by atoms with Crippen LogP contribution in [0, 0.1) is 5.92 Å². The summed E-state index contributed by atoms with van der Waals surface area (Å²) < 4.78 is 0. The molecule has 1 aliphatic carbocycles. The highest BCUT2D eigenvalue weighted by Gasteiger charge is 2.51. The van der Waals surface area contributed by atoms with Crippen LogP contribution in [0.2, 0.25) is 5.02 Å². The number of imide groups is 1. The van der Waals surface area contributed by atoms with Gasteiger partial charge in [0.1, 0.15) is 5.54 Å². The van der Waals surface area contributed by atoms with E-state index in [1.807, 2.05) is 29.2 Å². The maximum atomic E-state index is 12.7. The smallest absolute Gasteiger partial charge is 0.322 e. The van der Waals surface area contributed by atoms with Crippen molar-refractivity contribution < 1.29 is 14.4 Å². The second-order valence-electron chi connectivity index (χ2n) is 6.82. The van der Waals surface area contributed by atoms with Crippen LogP contribution < -0.4 is 10.6 Å².